The van der Waals surface area contributed by atoms with Crippen molar-refractivity contribution in [3.63, 3.8) is 0 Å². The molecular formula is C14H14ClN3O. The number of hydrogen-bond acceptors (Lipinski definition) is 3. The first-order chi connectivity index (χ1) is 9.19. The minimum Gasteiger partial charge on any atom is -0.321 e. The molecule has 1 amide bonds. The Morgan fingerprint density at radius 2 is 2.26 bits per heavy atom. The minimum absolute atomic E-state index is 0.213. The van der Waals surface area contributed by atoms with Crippen molar-refractivity contribution in [1.82, 2.24) is 9.97 Å². The molecule has 19 heavy (non-hydrogen) atoms. The number of nitrogens with one attached hydrogen (secondary N) is 1. The molecule has 0 bridgehead atoms. The molecule has 0 radical (unpaired) electrons. The molecule has 0 aliphatic carbocycles. The van der Waals surface area contributed by atoms with E-state index in [0.717, 1.165) is 18.5 Å². The topological polar surface area (TPSA) is 54.9 Å². The van der Waals surface area contributed by atoms with E-state index in [9.17, 15) is 4.79 Å². The predicted molar refractivity (Wildman–Crippen MR) is 75.4 cm³/mol. The van der Waals surface area contributed by atoms with E-state index in [0.29, 0.717) is 16.4 Å². The molecule has 2 heterocycles. The van der Waals surface area contributed by atoms with Crippen molar-refractivity contribution in [3.05, 3.63) is 53.1 Å². The average Bonchev–Trinajstić information content (AvgIpc) is 2.39. The van der Waals surface area contributed by atoms with E-state index in [1.807, 2.05) is 0 Å². The number of pyridine rings is 2. The van der Waals surface area contributed by atoms with E-state index in [1.54, 1.807) is 36.7 Å². The monoisotopic (exact) mass is 275 g/mol. The number of halogens is 1. The fourth-order valence-electron chi connectivity index (χ4n) is 1.71. The number of nitrogens with zero attached hydrogens (tertiary/aromatic N) is 2. The van der Waals surface area contributed by atoms with Crippen LogP contribution in [0.1, 0.15) is 29.4 Å². The van der Waals surface area contributed by atoms with Gasteiger partial charge in [-0.1, -0.05) is 24.9 Å². The molecule has 0 aliphatic rings. The third-order valence-corrected chi connectivity index (χ3v) is 2.73. The number of anilines is 1. The first kappa shape index (κ1) is 13.5. The van der Waals surface area contributed by atoms with Gasteiger partial charge in [0.1, 0.15) is 5.15 Å². The molecule has 2 aromatic rings. The molecule has 0 aromatic carbocycles. The van der Waals surface area contributed by atoms with Gasteiger partial charge in [0.05, 0.1) is 11.9 Å². The Hall–Kier alpha value is -1.94. The number of amides is 1. The van der Waals surface area contributed by atoms with E-state index < -0.39 is 0 Å². The fraction of sp³-hybridized carbons (Fsp3) is 0.214. The van der Waals surface area contributed by atoms with Gasteiger partial charge in [0.15, 0.2) is 0 Å². The summed E-state index contributed by atoms with van der Waals surface area (Å²) in [5, 5.41) is 3.10. The molecule has 5 heteroatoms. The summed E-state index contributed by atoms with van der Waals surface area (Å²) < 4.78 is 0. The normalized spacial score (nSPS) is 10.2. The molecule has 0 spiro atoms. The van der Waals surface area contributed by atoms with E-state index in [1.165, 1.54) is 0 Å². The maximum Gasteiger partial charge on any atom is 0.255 e. The molecular weight excluding hydrogens is 262 g/mol. The van der Waals surface area contributed by atoms with Gasteiger partial charge in [-0.05, 0) is 30.7 Å². The van der Waals surface area contributed by atoms with Crippen LogP contribution in [0.4, 0.5) is 5.69 Å². The highest BCUT2D eigenvalue weighted by Crippen LogP contribution is 2.14. The van der Waals surface area contributed by atoms with E-state index in [-0.39, 0.29) is 5.91 Å². The zero-order valence-corrected chi connectivity index (χ0v) is 11.3. The molecule has 98 valence electrons. The lowest BCUT2D eigenvalue weighted by molar-refractivity contribution is 0.102. The molecule has 0 unspecified atom stereocenters. The standard InChI is InChI=1S/C14H14ClN3O/c1-2-4-11-7-10(8-13(15)17-11)14(19)18-12-5-3-6-16-9-12/h3,5-9H,2,4H2,1H3,(H,18,19). The van der Waals surface area contributed by atoms with Crippen molar-refractivity contribution in [2.75, 3.05) is 5.32 Å². The predicted octanol–water partition coefficient (Wildman–Crippen LogP) is 3.33. The third-order valence-electron chi connectivity index (χ3n) is 2.53. The Labute approximate surface area is 116 Å². The molecule has 0 saturated heterocycles. The van der Waals surface area contributed by atoms with Crippen LogP contribution in [-0.2, 0) is 6.42 Å². The molecule has 0 aliphatic heterocycles. The number of carbonyl (C=O) groups is 1. The SMILES string of the molecule is CCCc1cc(C(=O)Nc2cccnc2)cc(Cl)n1. The van der Waals surface area contributed by atoms with Gasteiger partial charge < -0.3 is 5.32 Å². The van der Waals surface area contributed by atoms with Crippen LogP contribution >= 0.6 is 11.6 Å². The van der Waals surface area contributed by atoms with Crippen LogP contribution in [0, 0.1) is 0 Å². The minimum atomic E-state index is -0.213. The van der Waals surface area contributed by atoms with Gasteiger partial charge >= 0.3 is 0 Å². The zero-order valence-electron chi connectivity index (χ0n) is 10.6. The molecule has 0 atom stereocenters. The summed E-state index contributed by atoms with van der Waals surface area (Å²) in [7, 11) is 0. The summed E-state index contributed by atoms with van der Waals surface area (Å²) in [6.45, 7) is 2.05. The quantitative estimate of drug-likeness (QED) is 0.871. The lowest BCUT2D eigenvalue weighted by Gasteiger charge is -2.06. The van der Waals surface area contributed by atoms with Crippen LogP contribution < -0.4 is 5.32 Å². The van der Waals surface area contributed by atoms with Crippen molar-refractivity contribution in [1.29, 1.82) is 0 Å². The Balaban J connectivity index is 2.19. The summed E-state index contributed by atoms with van der Waals surface area (Å²) in [5.74, 6) is -0.213. The summed E-state index contributed by atoms with van der Waals surface area (Å²) in [5.41, 5.74) is 1.98. The summed E-state index contributed by atoms with van der Waals surface area (Å²) in [6.07, 6.45) is 5.00. The third kappa shape index (κ3) is 3.76. The van der Waals surface area contributed by atoms with Crippen LogP contribution in [0.5, 0.6) is 0 Å². The van der Waals surface area contributed by atoms with Crippen LogP contribution in [0.15, 0.2) is 36.7 Å². The highest BCUT2D eigenvalue weighted by Gasteiger charge is 2.09. The van der Waals surface area contributed by atoms with Crippen molar-refractivity contribution in [3.8, 4) is 0 Å². The van der Waals surface area contributed by atoms with Gasteiger partial charge in [-0.3, -0.25) is 9.78 Å². The summed E-state index contributed by atoms with van der Waals surface area (Å²) in [6, 6.07) is 6.87. The lowest BCUT2D eigenvalue weighted by atomic mass is 10.1. The second kappa shape index (κ2) is 6.29. The number of aromatic nitrogens is 2. The van der Waals surface area contributed by atoms with Crippen LogP contribution in [0.3, 0.4) is 0 Å². The molecule has 4 nitrogen and oxygen atoms in total. The lowest BCUT2D eigenvalue weighted by Crippen LogP contribution is -2.13. The first-order valence-corrected chi connectivity index (χ1v) is 6.44. The van der Waals surface area contributed by atoms with Crippen molar-refractivity contribution in [2.24, 2.45) is 0 Å². The zero-order chi connectivity index (χ0) is 13.7. The molecule has 0 saturated carbocycles. The maximum absolute atomic E-state index is 12.1. The second-order valence-corrected chi connectivity index (χ2v) is 4.50. The van der Waals surface area contributed by atoms with E-state index in [2.05, 4.69) is 22.2 Å². The highest BCUT2D eigenvalue weighted by molar-refractivity contribution is 6.29. The largest absolute Gasteiger partial charge is 0.321 e. The Morgan fingerprint density at radius 3 is 2.95 bits per heavy atom. The Morgan fingerprint density at radius 1 is 1.42 bits per heavy atom. The van der Waals surface area contributed by atoms with Gasteiger partial charge in [0.2, 0.25) is 0 Å². The molecule has 2 rings (SSSR count). The first-order valence-electron chi connectivity index (χ1n) is 6.07. The number of hydrogen-bond donors (Lipinski definition) is 1. The van der Waals surface area contributed by atoms with Crippen LogP contribution in [0.2, 0.25) is 5.15 Å². The van der Waals surface area contributed by atoms with Gasteiger partial charge in [0, 0.05) is 17.5 Å². The van der Waals surface area contributed by atoms with E-state index in [4.69, 9.17) is 11.6 Å². The van der Waals surface area contributed by atoms with E-state index >= 15 is 0 Å². The van der Waals surface area contributed by atoms with Gasteiger partial charge in [-0.2, -0.15) is 0 Å². The smallest absolute Gasteiger partial charge is 0.255 e. The number of aryl methyl sites for hydroxylation is 1. The number of rotatable bonds is 4. The van der Waals surface area contributed by atoms with Crippen molar-refractivity contribution in [2.45, 2.75) is 19.8 Å². The molecule has 1 N–H and O–H groups in total. The van der Waals surface area contributed by atoms with Gasteiger partial charge in [-0.25, -0.2) is 4.98 Å². The highest BCUT2D eigenvalue weighted by atomic mass is 35.5. The summed E-state index contributed by atoms with van der Waals surface area (Å²) in [4.78, 5) is 20.2. The summed E-state index contributed by atoms with van der Waals surface area (Å²) >= 11 is 5.93. The maximum atomic E-state index is 12.1. The fourth-order valence-corrected chi connectivity index (χ4v) is 1.93. The molecule has 0 fully saturated rings. The van der Waals surface area contributed by atoms with Crippen molar-refractivity contribution >= 4 is 23.2 Å². The Bertz CT molecular complexity index is 572. The van der Waals surface area contributed by atoms with Crippen LogP contribution in [-0.4, -0.2) is 15.9 Å². The molecule has 2 aromatic heterocycles. The van der Waals surface area contributed by atoms with Crippen LogP contribution in [0.25, 0.3) is 0 Å². The van der Waals surface area contributed by atoms with Gasteiger partial charge in [-0.15, -0.1) is 0 Å². The van der Waals surface area contributed by atoms with Crippen molar-refractivity contribution < 1.29 is 4.79 Å². The second-order valence-electron chi connectivity index (χ2n) is 4.12. The Kier molecular flexibility index (Phi) is 4.47. The average molecular weight is 276 g/mol. The number of carbonyl (C=O) groups excluding carboxylic acids is 1. The van der Waals surface area contributed by atoms with Gasteiger partial charge in [0.25, 0.3) is 5.91 Å².